The van der Waals surface area contributed by atoms with Crippen molar-refractivity contribution in [2.45, 2.75) is 46.5 Å². The van der Waals surface area contributed by atoms with E-state index in [0.717, 1.165) is 56.5 Å². The van der Waals surface area contributed by atoms with Crippen molar-refractivity contribution in [3.05, 3.63) is 65.0 Å². The van der Waals surface area contributed by atoms with Crippen molar-refractivity contribution in [3.63, 3.8) is 0 Å². The number of fused-ring (bicyclic) bond motifs is 1. The van der Waals surface area contributed by atoms with E-state index in [9.17, 15) is 4.39 Å². The molecule has 0 amide bonds. The van der Waals surface area contributed by atoms with Crippen LogP contribution in [-0.2, 0) is 0 Å². The second-order valence-corrected chi connectivity index (χ2v) is 9.10. The minimum Gasteiger partial charge on any atom is -0.494 e. The highest BCUT2D eigenvalue weighted by molar-refractivity contribution is 7.19. The Labute approximate surface area is 192 Å². The van der Waals surface area contributed by atoms with E-state index in [0.29, 0.717) is 5.82 Å². The van der Waals surface area contributed by atoms with Gasteiger partial charge in [0.2, 0.25) is 0 Å². The van der Waals surface area contributed by atoms with Crippen LogP contribution in [0.1, 0.15) is 43.3 Å². The molecule has 6 heteroatoms. The molecule has 0 spiro atoms. The van der Waals surface area contributed by atoms with Gasteiger partial charge in [0.1, 0.15) is 28.0 Å². The average Bonchev–Trinajstić information content (AvgIpc) is 3.11. The van der Waals surface area contributed by atoms with Crippen molar-refractivity contribution in [1.29, 1.82) is 0 Å². The molecule has 4 nitrogen and oxygen atoms in total. The van der Waals surface area contributed by atoms with Crippen LogP contribution in [0.25, 0.3) is 21.3 Å². The number of anilines is 2. The first-order valence-electron chi connectivity index (χ1n) is 11.1. The molecule has 166 valence electrons. The smallest absolute Gasteiger partial charge is 0.143 e. The Morgan fingerprint density at radius 1 is 0.938 bits per heavy atom. The first-order valence-corrected chi connectivity index (χ1v) is 11.9. The van der Waals surface area contributed by atoms with Crippen LogP contribution in [0.2, 0.25) is 0 Å². The predicted molar refractivity (Wildman–Crippen MR) is 132 cm³/mol. The lowest BCUT2D eigenvalue weighted by Crippen LogP contribution is -1.99. The first-order chi connectivity index (χ1) is 15.5. The fourth-order valence-electron chi connectivity index (χ4n) is 3.76. The topological polar surface area (TPSA) is 47.0 Å². The van der Waals surface area contributed by atoms with Gasteiger partial charge in [0.15, 0.2) is 0 Å². The summed E-state index contributed by atoms with van der Waals surface area (Å²) in [5, 5.41) is 4.42. The van der Waals surface area contributed by atoms with Crippen molar-refractivity contribution in [2.24, 2.45) is 0 Å². The maximum atomic E-state index is 13.5. The zero-order valence-corrected chi connectivity index (χ0v) is 19.6. The van der Waals surface area contributed by atoms with Gasteiger partial charge in [0.05, 0.1) is 12.0 Å². The molecule has 2 aromatic carbocycles. The number of unbranched alkanes of at least 4 members (excludes halogenated alkanes) is 3. The lowest BCUT2D eigenvalue weighted by molar-refractivity contribution is 0.305. The Morgan fingerprint density at radius 3 is 2.41 bits per heavy atom. The van der Waals surface area contributed by atoms with Gasteiger partial charge < -0.3 is 10.1 Å². The van der Waals surface area contributed by atoms with Gasteiger partial charge in [0, 0.05) is 16.1 Å². The summed E-state index contributed by atoms with van der Waals surface area (Å²) in [6.45, 7) is 6.91. The molecule has 0 bridgehead atoms. The highest BCUT2D eigenvalue weighted by atomic mass is 32.1. The van der Waals surface area contributed by atoms with Crippen LogP contribution < -0.4 is 10.1 Å². The number of aromatic nitrogens is 2. The summed E-state index contributed by atoms with van der Waals surface area (Å²) in [5.41, 5.74) is 2.92. The summed E-state index contributed by atoms with van der Waals surface area (Å²) in [5.74, 6) is 2.09. The summed E-state index contributed by atoms with van der Waals surface area (Å²) in [6, 6.07) is 14.5. The van der Waals surface area contributed by atoms with E-state index in [-0.39, 0.29) is 5.82 Å². The van der Waals surface area contributed by atoms with Crippen LogP contribution in [0.3, 0.4) is 0 Å². The number of thiophene rings is 1. The van der Waals surface area contributed by atoms with Crippen molar-refractivity contribution < 1.29 is 9.13 Å². The van der Waals surface area contributed by atoms with Gasteiger partial charge in [-0.25, -0.2) is 14.4 Å². The van der Waals surface area contributed by atoms with Crippen molar-refractivity contribution >= 4 is 33.1 Å². The summed E-state index contributed by atoms with van der Waals surface area (Å²) in [7, 11) is 0. The Bertz CT molecular complexity index is 1190. The summed E-state index contributed by atoms with van der Waals surface area (Å²) in [6.07, 6.45) is 4.76. The highest BCUT2D eigenvalue weighted by Gasteiger charge is 2.18. The Hall–Kier alpha value is -2.99. The second-order valence-electron chi connectivity index (χ2n) is 7.90. The number of ether oxygens (including phenoxy) is 1. The van der Waals surface area contributed by atoms with E-state index in [1.807, 2.05) is 31.2 Å². The molecule has 1 N–H and O–H groups in total. The number of benzene rings is 2. The number of rotatable bonds is 9. The lowest BCUT2D eigenvalue weighted by atomic mass is 10.0. The normalized spacial score (nSPS) is 11.1. The van der Waals surface area contributed by atoms with Gasteiger partial charge in [-0.2, -0.15) is 0 Å². The van der Waals surface area contributed by atoms with Crippen LogP contribution in [0.15, 0.2) is 48.5 Å². The molecule has 32 heavy (non-hydrogen) atoms. The molecule has 2 heterocycles. The van der Waals surface area contributed by atoms with E-state index in [2.05, 4.69) is 24.1 Å². The molecule has 0 aliphatic rings. The number of aryl methyl sites for hydroxylation is 2. The van der Waals surface area contributed by atoms with Gasteiger partial charge in [-0.15, -0.1) is 11.3 Å². The molecule has 4 aromatic rings. The number of hydrogen-bond donors (Lipinski definition) is 1. The number of nitrogens with one attached hydrogen (secondary N) is 1. The standard InChI is InChI=1S/C26H28FN3OS/c1-4-5-6-7-16-31-22-14-12-21(13-15-22)30-25-24-23(19-8-10-20(27)11-9-19)17(2)32-26(24)29-18(3)28-25/h8-15H,4-7,16H2,1-3H3,(H,28,29,30). The van der Waals surface area contributed by atoms with E-state index in [1.165, 1.54) is 31.4 Å². The molecule has 4 rings (SSSR count). The first kappa shape index (κ1) is 22.2. The maximum absolute atomic E-state index is 13.5. The summed E-state index contributed by atoms with van der Waals surface area (Å²) in [4.78, 5) is 11.4. The summed E-state index contributed by atoms with van der Waals surface area (Å²) < 4.78 is 19.3. The van der Waals surface area contributed by atoms with Crippen molar-refractivity contribution in [1.82, 2.24) is 9.97 Å². The molecular formula is C26H28FN3OS. The van der Waals surface area contributed by atoms with Gasteiger partial charge >= 0.3 is 0 Å². The van der Waals surface area contributed by atoms with Crippen molar-refractivity contribution in [2.75, 3.05) is 11.9 Å². The lowest BCUT2D eigenvalue weighted by Gasteiger charge is -2.11. The molecule has 0 aliphatic heterocycles. The molecule has 0 unspecified atom stereocenters. The van der Waals surface area contributed by atoms with E-state index >= 15 is 0 Å². The third-order valence-corrected chi connectivity index (χ3v) is 6.36. The fourth-order valence-corrected chi connectivity index (χ4v) is 4.85. The third-order valence-electron chi connectivity index (χ3n) is 5.36. The van der Waals surface area contributed by atoms with Crippen LogP contribution in [-0.4, -0.2) is 16.6 Å². The fraction of sp³-hybridized carbons (Fsp3) is 0.308. The summed E-state index contributed by atoms with van der Waals surface area (Å²) >= 11 is 1.63. The SMILES string of the molecule is CCCCCCOc1ccc(Nc2nc(C)nc3sc(C)c(-c4ccc(F)cc4)c23)cc1. The largest absolute Gasteiger partial charge is 0.494 e. The highest BCUT2D eigenvalue weighted by Crippen LogP contribution is 2.41. The van der Waals surface area contributed by atoms with Gasteiger partial charge in [-0.3, -0.25) is 0 Å². The van der Waals surface area contributed by atoms with Gasteiger partial charge in [0.25, 0.3) is 0 Å². The zero-order valence-electron chi connectivity index (χ0n) is 18.7. The second kappa shape index (κ2) is 10.1. The molecule has 0 aliphatic carbocycles. The average molecular weight is 450 g/mol. The number of halogens is 1. The van der Waals surface area contributed by atoms with Crippen LogP contribution >= 0.6 is 11.3 Å². The van der Waals surface area contributed by atoms with Crippen LogP contribution in [0, 0.1) is 19.7 Å². The molecule has 2 aromatic heterocycles. The van der Waals surface area contributed by atoms with Crippen LogP contribution in [0.5, 0.6) is 5.75 Å². The molecule has 0 fully saturated rings. The van der Waals surface area contributed by atoms with Crippen LogP contribution in [0.4, 0.5) is 15.9 Å². The van der Waals surface area contributed by atoms with E-state index < -0.39 is 0 Å². The number of hydrogen-bond acceptors (Lipinski definition) is 5. The molecule has 0 radical (unpaired) electrons. The van der Waals surface area contributed by atoms with E-state index in [4.69, 9.17) is 9.72 Å². The monoisotopic (exact) mass is 449 g/mol. The van der Waals surface area contributed by atoms with Crippen molar-refractivity contribution in [3.8, 4) is 16.9 Å². The molecule has 0 saturated carbocycles. The molecule has 0 saturated heterocycles. The molecule has 0 atom stereocenters. The third kappa shape index (κ3) is 5.07. The maximum Gasteiger partial charge on any atom is 0.143 e. The quantitative estimate of drug-likeness (QED) is 0.265. The predicted octanol–water partition coefficient (Wildman–Crippen LogP) is 7.82. The zero-order chi connectivity index (χ0) is 22.5. The Kier molecular flexibility index (Phi) is 7.00. The van der Waals surface area contributed by atoms with Gasteiger partial charge in [-0.1, -0.05) is 38.3 Å². The van der Waals surface area contributed by atoms with E-state index in [1.54, 1.807) is 23.5 Å². The minimum absolute atomic E-state index is 0.246. The Balaban J connectivity index is 1.59. The van der Waals surface area contributed by atoms with Gasteiger partial charge in [-0.05, 0) is 62.2 Å². The number of nitrogens with zero attached hydrogens (tertiary/aromatic N) is 2. The Morgan fingerprint density at radius 2 is 1.69 bits per heavy atom. The molecular weight excluding hydrogens is 421 g/mol. The minimum atomic E-state index is -0.246.